The molecule has 1 saturated heterocycles. The van der Waals surface area contributed by atoms with Crippen LogP contribution in [-0.2, 0) is 9.59 Å². The maximum Gasteiger partial charge on any atom is 0.241 e. The molecular formula is C29H25F3N4O3. The summed E-state index contributed by atoms with van der Waals surface area (Å²) < 4.78 is 50.4. The van der Waals surface area contributed by atoms with E-state index in [4.69, 9.17) is 4.74 Å². The van der Waals surface area contributed by atoms with Gasteiger partial charge in [0.1, 0.15) is 23.6 Å². The SMILES string of the molecule is CC(=O)Nc1ccc2c(c1)OC(c1cc(F)cc(F)c1)n1c-2cc2cc(NC(=O)C3CC(F)CN3C)ccc21. The number of amides is 2. The first-order valence-electron chi connectivity index (χ1n) is 12.5. The van der Waals surface area contributed by atoms with Gasteiger partial charge in [-0.2, -0.15) is 0 Å². The second kappa shape index (κ2) is 9.46. The summed E-state index contributed by atoms with van der Waals surface area (Å²) >= 11 is 0. The molecule has 3 aromatic carbocycles. The second-order valence-electron chi connectivity index (χ2n) is 10.0. The first kappa shape index (κ1) is 25.0. The summed E-state index contributed by atoms with van der Waals surface area (Å²) in [5, 5.41) is 6.36. The Morgan fingerprint density at radius 3 is 2.36 bits per heavy atom. The van der Waals surface area contributed by atoms with Crippen molar-refractivity contribution in [2.45, 2.75) is 31.8 Å². The van der Waals surface area contributed by atoms with Gasteiger partial charge in [0, 0.05) is 59.9 Å². The van der Waals surface area contributed by atoms with Crippen LogP contribution in [0.4, 0.5) is 24.5 Å². The standard InChI is InChI=1S/C29H25F3N4O3/c1-15(37)33-22-3-5-23-25-10-16-9-21(34-28(38)26-12-20(32)14-35(26)2)4-6-24(16)36(25)29(39-27(23)13-22)17-7-18(30)11-19(31)8-17/h3-11,13,20,26,29H,12,14H2,1-2H3,(H,33,37)(H,34,38). The minimum Gasteiger partial charge on any atom is -0.465 e. The van der Waals surface area contributed by atoms with Crippen LogP contribution in [0.1, 0.15) is 25.1 Å². The first-order chi connectivity index (χ1) is 18.7. The number of carbonyl (C=O) groups is 2. The number of rotatable bonds is 4. The molecule has 0 aliphatic carbocycles. The monoisotopic (exact) mass is 534 g/mol. The van der Waals surface area contributed by atoms with Crippen LogP contribution in [0.5, 0.6) is 5.75 Å². The van der Waals surface area contributed by atoms with Crippen molar-refractivity contribution in [2.75, 3.05) is 24.2 Å². The molecule has 4 aromatic rings. The lowest BCUT2D eigenvalue weighted by molar-refractivity contribution is -0.120. The minimum atomic E-state index is -1.04. The van der Waals surface area contributed by atoms with Gasteiger partial charge in [0.25, 0.3) is 0 Å². The predicted octanol–water partition coefficient (Wildman–Crippen LogP) is 5.46. The van der Waals surface area contributed by atoms with E-state index in [0.717, 1.165) is 28.2 Å². The van der Waals surface area contributed by atoms with Crippen molar-refractivity contribution in [3.05, 3.63) is 77.9 Å². The fourth-order valence-electron chi connectivity index (χ4n) is 5.46. The fraction of sp³-hybridized carbons (Fsp3) is 0.241. The molecule has 2 aliphatic rings. The van der Waals surface area contributed by atoms with E-state index in [-0.39, 0.29) is 30.3 Å². The van der Waals surface area contributed by atoms with Gasteiger partial charge in [-0.1, -0.05) is 0 Å². The number of benzene rings is 3. The van der Waals surface area contributed by atoms with E-state index in [0.29, 0.717) is 17.1 Å². The Balaban J connectivity index is 1.44. The molecule has 3 heterocycles. The molecule has 6 rings (SSSR count). The number of hydrogen-bond acceptors (Lipinski definition) is 4. The third-order valence-electron chi connectivity index (χ3n) is 7.13. The number of carbonyl (C=O) groups excluding carboxylic acids is 2. The van der Waals surface area contributed by atoms with Crippen LogP contribution in [0.15, 0.2) is 60.7 Å². The third-order valence-corrected chi connectivity index (χ3v) is 7.13. The summed E-state index contributed by atoms with van der Waals surface area (Å²) in [6, 6.07) is 15.1. The van der Waals surface area contributed by atoms with Gasteiger partial charge >= 0.3 is 0 Å². The molecule has 0 bridgehead atoms. The van der Waals surface area contributed by atoms with Crippen LogP contribution in [0, 0.1) is 11.6 Å². The number of aromatic nitrogens is 1. The summed E-state index contributed by atoms with van der Waals surface area (Å²) in [5.41, 5.74) is 3.50. The van der Waals surface area contributed by atoms with Crippen molar-refractivity contribution >= 4 is 34.1 Å². The van der Waals surface area contributed by atoms with Gasteiger partial charge in [-0.25, -0.2) is 13.2 Å². The zero-order chi connectivity index (χ0) is 27.4. The molecule has 3 atom stereocenters. The number of likely N-dealkylation sites (N-methyl/N-ethyl adjacent to an activating group) is 1. The van der Waals surface area contributed by atoms with Gasteiger partial charge in [-0.3, -0.25) is 14.5 Å². The average molecular weight is 535 g/mol. The smallest absolute Gasteiger partial charge is 0.241 e. The summed E-state index contributed by atoms with van der Waals surface area (Å²) in [6.45, 7) is 1.61. The molecule has 200 valence electrons. The molecule has 0 saturated carbocycles. The normalized spacial score (nSPS) is 20.3. The van der Waals surface area contributed by atoms with Crippen LogP contribution in [0.3, 0.4) is 0 Å². The average Bonchev–Trinajstić information content (AvgIpc) is 3.41. The van der Waals surface area contributed by atoms with Gasteiger partial charge in [0.15, 0.2) is 0 Å². The number of anilines is 2. The molecule has 2 aliphatic heterocycles. The predicted molar refractivity (Wildman–Crippen MR) is 141 cm³/mol. The van der Waals surface area contributed by atoms with Crippen LogP contribution in [-0.4, -0.2) is 47.1 Å². The van der Waals surface area contributed by atoms with E-state index >= 15 is 0 Å². The van der Waals surface area contributed by atoms with E-state index in [1.807, 2.05) is 10.6 Å². The van der Waals surface area contributed by atoms with E-state index < -0.39 is 30.1 Å². The molecule has 2 N–H and O–H groups in total. The molecule has 2 amide bonds. The minimum absolute atomic E-state index is 0.144. The van der Waals surface area contributed by atoms with Gasteiger partial charge in [0.2, 0.25) is 18.0 Å². The van der Waals surface area contributed by atoms with Crippen molar-refractivity contribution in [1.29, 1.82) is 0 Å². The van der Waals surface area contributed by atoms with Crippen molar-refractivity contribution in [3.8, 4) is 17.0 Å². The Morgan fingerprint density at radius 2 is 1.67 bits per heavy atom. The van der Waals surface area contributed by atoms with E-state index in [1.54, 1.807) is 48.3 Å². The van der Waals surface area contributed by atoms with Gasteiger partial charge in [-0.15, -0.1) is 0 Å². The molecule has 0 radical (unpaired) electrons. The second-order valence-corrected chi connectivity index (χ2v) is 10.0. The summed E-state index contributed by atoms with van der Waals surface area (Å²) in [6.07, 6.45) is -1.80. The fourth-order valence-corrected chi connectivity index (χ4v) is 5.46. The number of nitrogens with zero attached hydrogens (tertiary/aromatic N) is 2. The highest BCUT2D eigenvalue weighted by molar-refractivity contribution is 5.98. The lowest BCUT2D eigenvalue weighted by Crippen LogP contribution is -2.37. The highest BCUT2D eigenvalue weighted by Crippen LogP contribution is 2.45. The van der Waals surface area contributed by atoms with E-state index in [2.05, 4.69) is 10.6 Å². The maximum absolute atomic E-state index is 14.2. The number of alkyl halides is 1. The van der Waals surface area contributed by atoms with Gasteiger partial charge in [-0.05, 0) is 55.6 Å². The third kappa shape index (κ3) is 4.61. The van der Waals surface area contributed by atoms with E-state index in [1.165, 1.54) is 19.1 Å². The van der Waals surface area contributed by atoms with Crippen LogP contribution in [0.25, 0.3) is 22.2 Å². The van der Waals surface area contributed by atoms with Crippen molar-refractivity contribution in [2.24, 2.45) is 0 Å². The van der Waals surface area contributed by atoms with Crippen LogP contribution in [0.2, 0.25) is 0 Å². The number of nitrogens with one attached hydrogen (secondary N) is 2. The number of ether oxygens (including phenoxy) is 1. The zero-order valence-electron chi connectivity index (χ0n) is 21.2. The summed E-state index contributed by atoms with van der Waals surface area (Å²) in [5.74, 6) is -1.56. The summed E-state index contributed by atoms with van der Waals surface area (Å²) in [4.78, 5) is 26.1. The highest BCUT2D eigenvalue weighted by Gasteiger charge is 2.35. The maximum atomic E-state index is 14.2. The number of fused-ring (bicyclic) bond motifs is 5. The quantitative estimate of drug-likeness (QED) is 0.365. The number of halogens is 3. The van der Waals surface area contributed by atoms with E-state index in [9.17, 15) is 22.8 Å². The van der Waals surface area contributed by atoms with Gasteiger partial charge < -0.3 is 19.9 Å². The Hall–Kier alpha value is -4.31. The topological polar surface area (TPSA) is 75.6 Å². The van der Waals surface area contributed by atoms with Crippen LogP contribution >= 0.6 is 0 Å². The molecule has 10 heteroatoms. The summed E-state index contributed by atoms with van der Waals surface area (Å²) in [7, 11) is 1.72. The molecule has 1 fully saturated rings. The number of hydrogen-bond donors (Lipinski definition) is 2. The first-order valence-corrected chi connectivity index (χ1v) is 12.5. The highest BCUT2D eigenvalue weighted by atomic mass is 19.1. The Bertz CT molecular complexity index is 1620. The van der Waals surface area contributed by atoms with Gasteiger partial charge in [0.05, 0.1) is 17.3 Å². The molecule has 1 aromatic heterocycles. The molecule has 39 heavy (non-hydrogen) atoms. The Morgan fingerprint density at radius 1 is 0.949 bits per heavy atom. The Kier molecular flexibility index (Phi) is 6.06. The van der Waals surface area contributed by atoms with Crippen molar-refractivity contribution < 1.29 is 27.5 Å². The Labute approximate surface area is 222 Å². The molecule has 3 unspecified atom stereocenters. The van der Waals surface area contributed by atoms with Crippen molar-refractivity contribution in [3.63, 3.8) is 0 Å². The molecule has 7 nitrogen and oxygen atoms in total. The number of likely N-dealkylation sites (tertiary alicyclic amines) is 1. The lowest BCUT2D eigenvalue weighted by Gasteiger charge is -2.30. The van der Waals surface area contributed by atoms with Crippen molar-refractivity contribution in [1.82, 2.24) is 9.47 Å². The molecule has 0 spiro atoms. The molecular weight excluding hydrogens is 509 g/mol. The largest absolute Gasteiger partial charge is 0.465 e. The zero-order valence-corrected chi connectivity index (χ0v) is 21.2. The lowest BCUT2D eigenvalue weighted by atomic mass is 10.1. The van der Waals surface area contributed by atoms with Crippen LogP contribution < -0.4 is 15.4 Å².